The molecule has 74 valence electrons. The van der Waals surface area contributed by atoms with E-state index in [9.17, 15) is 9.59 Å². The lowest BCUT2D eigenvalue weighted by Gasteiger charge is -2.04. The fraction of sp³-hybridized carbons (Fsp3) is 0. The number of hydrogen-bond donors (Lipinski definition) is 3. The molecule has 0 radical (unpaired) electrons. The summed E-state index contributed by atoms with van der Waals surface area (Å²) in [5.74, 6) is -0.458. The van der Waals surface area contributed by atoms with Crippen molar-refractivity contribution >= 4 is 23.5 Å². The van der Waals surface area contributed by atoms with E-state index in [0.717, 1.165) is 0 Å². The van der Waals surface area contributed by atoms with Crippen molar-refractivity contribution in [1.82, 2.24) is 10.9 Å². The molecule has 0 aromatic heterocycles. The Morgan fingerprint density at radius 3 is 2.21 bits per heavy atom. The molecule has 1 rings (SSSR count). The van der Waals surface area contributed by atoms with E-state index in [1.165, 1.54) is 12.1 Å². The van der Waals surface area contributed by atoms with Crippen molar-refractivity contribution < 1.29 is 9.59 Å². The van der Waals surface area contributed by atoms with Crippen molar-refractivity contribution in [2.45, 2.75) is 0 Å². The molecule has 0 aliphatic heterocycles. The van der Waals surface area contributed by atoms with E-state index >= 15 is 0 Å². The normalized spacial score (nSPS) is 9.21. The summed E-state index contributed by atoms with van der Waals surface area (Å²) in [4.78, 5) is 21.5. The van der Waals surface area contributed by atoms with Crippen LogP contribution in [-0.2, 0) is 0 Å². The van der Waals surface area contributed by atoms with Gasteiger partial charge in [0.15, 0.2) is 0 Å². The van der Waals surface area contributed by atoms with Gasteiger partial charge in [-0.05, 0) is 24.3 Å². The van der Waals surface area contributed by atoms with E-state index in [4.69, 9.17) is 17.3 Å². The summed E-state index contributed by atoms with van der Waals surface area (Å²) in [7, 11) is 0. The van der Waals surface area contributed by atoms with Crippen molar-refractivity contribution in [1.29, 1.82) is 0 Å². The molecule has 0 unspecified atom stereocenters. The molecule has 0 bridgehead atoms. The van der Waals surface area contributed by atoms with E-state index in [1.807, 2.05) is 5.43 Å². The summed E-state index contributed by atoms with van der Waals surface area (Å²) >= 11 is 5.62. The molecule has 0 saturated carbocycles. The molecular formula is C8H8ClN3O2. The average Bonchev–Trinajstić information content (AvgIpc) is 2.15. The van der Waals surface area contributed by atoms with Crippen molar-refractivity contribution in [3.63, 3.8) is 0 Å². The lowest BCUT2D eigenvalue weighted by molar-refractivity contribution is 0.0937. The number of benzene rings is 1. The molecule has 6 heteroatoms. The van der Waals surface area contributed by atoms with E-state index < -0.39 is 11.9 Å². The van der Waals surface area contributed by atoms with E-state index in [2.05, 4.69) is 5.43 Å². The first kappa shape index (κ1) is 10.3. The van der Waals surface area contributed by atoms with Gasteiger partial charge in [0.2, 0.25) is 0 Å². The Labute approximate surface area is 85.2 Å². The van der Waals surface area contributed by atoms with Gasteiger partial charge in [-0.3, -0.25) is 10.2 Å². The van der Waals surface area contributed by atoms with Gasteiger partial charge in [-0.15, -0.1) is 0 Å². The van der Waals surface area contributed by atoms with Gasteiger partial charge in [-0.2, -0.15) is 0 Å². The SMILES string of the molecule is NC(=O)NNC(=O)c1ccc(Cl)cc1. The molecule has 0 aliphatic rings. The second-order valence-electron chi connectivity index (χ2n) is 2.45. The standard InChI is InChI=1S/C8H8ClN3O2/c9-6-3-1-5(2-4-6)7(13)11-12-8(10)14/h1-4H,(H,11,13)(H3,10,12,14). The van der Waals surface area contributed by atoms with Crippen LogP contribution in [0.15, 0.2) is 24.3 Å². The Kier molecular flexibility index (Phi) is 3.30. The number of hydrogen-bond acceptors (Lipinski definition) is 2. The van der Waals surface area contributed by atoms with Crippen LogP contribution in [0.2, 0.25) is 5.02 Å². The second-order valence-corrected chi connectivity index (χ2v) is 2.89. The molecule has 1 aromatic carbocycles. The molecule has 5 nitrogen and oxygen atoms in total. The zero-order valence-corrected chi connectivity index (χ0v) is 7.84. The van der Waals surface area contributed by atoms with Gasteiger partial charge < -0.3 is 5.73 Å². The van der Waals surface area contributed by atoms with Crippen molar-refractivity contribution in [2.24, 2.45) is 5.73 Å². The van der Waals surface area contributed by atoms with Crippen LogP contribution in [0.5, 0.6) is 0 Å². The van der Waals surface area contributed by atoms with Gasteiger partial charge >= 0.3 is 6.03 Å². The maximum atomic E-state index is 11.2. The first-order chi connectivity index (χ1) is 6.59. The molecule has 0 fully saturated rings. The van der Waals surface area contributed by atoms with Crippen LogP contribution in [0.1, 0.15) is 10.4 Å². The number of nitrogens with one attached hydrogen (secondary N) is 2. The Balaban J connectivity index is 2.61. The summed E-state index contributed by atoms with van der Waals surface area (Å²) in [6, 6.07) is 5.37. The monoisotopic (exact) mass is 213 g/mol. The van der Waals surface area contributed by atoms with Gasteiger partial charge in [0.25, 0.3) is 5.91 Å². The fourth-order valence-electron chi connectivity index (χ4n) is 0.792. The van der Waals surface area contributed by atoms with Gasteiger partial charge in [0, 0.05) is 10.6 Å². The molecule has 3 amide bonds. The summed E-state index contributed by atoms with van der Waals surface area (Å²) in [6.45, 7) is 0. The van der Waals surface area contributed by atoms with Crippen molar-refractivity contribution in [3.8, 4) is 0 Å². The predicted molar refractivity (Wildman–Crippen MR) is 51.6 cm³/mol. The first-order valence-corrected chi connectivity index (χ1v) is 4.09. The minimum Gasteiger partial charge on any atom is -0.350 e. The Hall–Kier alpha value is -1.75. The van der Waals surface area contributed by atoms with Crippen LogP contribution in [0.4, 0.5) is 4.79 Å². The summed E-state index contributed by atoms with van der Waals surface area (Å²) in [5, 5.41) is 0.532. The van der Waals surface area contributed by atoms with E-state index in [1.54, 1.807) is 12.1 Å². The molecule has 1 aromatic rings. The van der Waals surface area contributed by atoms with Crippen molar-refractivity contribution in [2.75, 3.05) is 0 Å². The highest BCUT2D eigenvalue weighted by Crippen LogP contribution is 2.08. The number of hydrazine groups is 1. The quantitative estimate of drug-likeness (QED) is 0.599. The summed E-state index contributed by atoms with van der Waals surface area (Å²) in [6.07, 6.45) is 0. The lowest BCUT2D eigenvalue weighted by atomic mass is 10.2. The van der Waals surface area contributed by atoms with Crippen molar-refractivity contribution in [3.05, 3.63) is 34.9 Å². The number of carbonyl (C=O) groups is 2. The fourth-order valence-corrected chi connectivity index (χ4v) is 0.918. The molecule has 4 N–H and O–H groups in total. The maximum Gasteiger partial charge on any atom is 0.330 e. The van der Waals surface area contributed by atoms with Crippen LogP contribution in [-0.4, -0.2) is 11.9 Å². The number of carbonyl (C=O) groups excluding carboxylic acids is 2. The number of urea groups is 1. The van der Waals surface area contributed by atoms with Crippen LogP contribution in [0, 0.1) is 0 Å². The molecule has 0 saturated heterocycles. The van der Waals surface area contributed by atoms with Crippen LogP contribution < -0.4 is 16.6 Å². The molecule has 14 heavy (non-hydrogen) atoms. The number of primary amides is 1. The van der Waals surface area contributed by atoms with Gasteiger partial charge in [0.05, 0.1) is 0 Å². The number of halogens is 1. The summed E-state index contributed by atoms with van der Waals surface area (Å²) < 4.78 is 0. The third-order valence-electron chi connectivity index (χ3n) is 1.41. The molecular weight excluding hydrogens is 206 g/mol. The third kappa shape index (κ3) is 2.95. The first-order valence-electron chi connectivity index (χ1n) is 3.71. The minimum absolute atomic E-state index is 0.378. The second kappa shape index (κ2) is 4.48. The predicted octanol–water partition coefficient (Wildman–Crippen LogP) is 0.653. The zero-order chi connectivity index (χ0) is 10.6. The summed E-state index contributed by atoms with van der Waals surface area (Å²) in [5.41, 5.74) is 9.21. The molecule has 0 aliphatic carbocycles. The topological polar surface area (TPSA) is 84.2 Å². The van der Waals surface area contributed by atoms with Crippen LogP contribution >= 0.6 is 11.6 Å². The largest absolute Gasteiger partial charge is 0.350 e. The van der Waals surface area contributed by atoms with E-state index in [0.29, 0.717) is 10.6 Å². The Bertz CT molecular complexity index is 350. The number of nitrogens with two attached hydrogens (primary N) is 1. The molecule has 0 heterocycles. The Morgan fingerprint density at radius 2 is 1.71 bits per heavy atom. The van der Waals surface area contributed by atoms with Gasteiger partial charge in [0.1, 0.15) is 0 Å². The van der Waals surface area contributed by atoms with Crippen LogP contribution in [0.3, 0.4) is 0 Å². The maximum absolute atomic E-state index is 11.2. The zero-order valence-electron chi connectivity index (χ0n) is 7.08. The highest BCUT2D eigenvalue weighted by molar-refractivity contribution is 6.30. The molecule has 0 atom stereocenters. The lowest BCUT2D eigenvalue weighted by Crippen LogP contribution is -2.44. The highest BCUT2D eigenvalue weighted by Gasteiger charge is 2.04. The third-order valence-corrected chi connectivity index (χ3v) is 1.66. The number of rotatable bonds is 1. The van der Waals surface area contributed by atoms with Gasteiger partial charge in [-0.25, -0.2) is 10.2 Å². The smallest absolute Gasteiger partial charge is 0.330 e. The highest BCUT2D eigenvalue weighted by atomic mass is 35.5. The Morgan fingerprint density at radius 1 is 1.14 bits per heavy atom. The molecule has 0 spiro atoms. The van der Waals surface area contributed by atoms with E-state index in [-0.39, 0.29) is 0 Å². The van der Waals surface area contributed by atoms with Crippen LogP contribution in [0.25, 0.3) is 0 Å². The average molecular weight is 214 g/mol. The van der Waals surface area contributed by atoms with Gasteiger partial charge in [-0.1, -0.05) is 11.6 Å². The minimum atomic E-state index is -0.827. The number of amides is 3.